The first-order valence-electron chi connectivity index (χ1n) is 26.7. The summed E-state index contributed by atoms with van der Waals surface area (Å²) in [5.41, 5.74) is 10.5. The summed E-state index contributed by atoms with van der Waals surface area (Å²) in [4.78, 5) is 162. The number of H-pyrrole nitrogens is 1. The highest BCUT2D eigenvalue weighted by atomic mass is 16.4. The van der Waals surface area contributed by atoms with Crippen molar-refractivity contribution in [2.45, 2.75) is 180 Å². The molecule has 0 bridgehead atoms. The molecule has 1 aromatic carbocycles. The Kier molecular flexibility index (Phi) is 28.3. The lowest BCUT2D eigenvalue weighted by molar-refractivity contribution is -0.142. The first-order chi connectivity index (χ1) is 37.4. The monoisotopic (exact) mass is 1130 g/mol. The predicted molar refractivity (Wildman–Crippen MR) is 292 cm³/mol. The molecule has 0 aliphatic rings. The van der Waals surface area contributed by atoms with E-state index in [1.54, 1.807) is 72.0 Å². The molecule has 80 heavy (non-hydrogen) atoms. The van der Waals surface area contributed by atoms with Crippen molar-refractivity contribution in [3.63, 3.8) is 0 Å². The summed E-state index contributed by atoms with van der Waals surface area (Å²) in [5.74, 6) is -12.5. The van der Waals surface area contributed by atoms with Gasteiger partial charge in [0, 0.05) is 36.9 Å². The second-order valence-electron chi connectivity index (χ2n) is 21.5. The van der Waals surface area contributed by atoms with Crippen LogP contribution in [-0.4, -0.2) is 158 Å². The standard InChI is InChI=1S/C53H84N12O15/c1-27(2)20-37(44(55)72)61-50(78)41(26-66)64-45(73)30(7)57-52(80)53(9,24-32-25-56-34-15-11-10-14-33(32)34)65-51(79)35(16-12-13-19-54)59-49(77)40(23-43(70)71)63-48(76)39(22-29(5)6)62-46(74)36(17-18-42(68)69)60-47(75)38(21-28(3)4)58-31(8)67/h10-11,14-15,25,27-30,35-41,56,66H,12-13,16-24,26,54H2,1-9H3,(H2,55,72)(H,57,80)(H,58,67)(H,59,77)(H,60,75)(H,61,78)(H,62,74)(H,63,76)(H,64,73)(H,65,79)(H,68,69)(H,70,71)/t30-,35-,36-,37-,38-,39-,40-,41-,53-/m0/s1. The van der Waals surface area contributed by atoms with E-state index in [9.17, 15) is 72.9 Å². The van der Waals surface area contributed by atoms with Crippen LogP contribution in [0.15, 0.2) is 30.5 Å². The van der Waals surface area contributed by atoms with E-state index in [1.165, 1.54) is 20.8 Å². The van der Waals surface area contributed by atoms with E-state index in [0.717, 1.165) is 0 Å². The second-order valence-corrected chi connectivity index (χ2v) is 21.5. The number of carbonyl (C=O) groups is 12. The van der Waals surface area contributed by atoms with Gasteiger partial charge in [0.15, 0.2) is 0 Å². The topological polar surface area (TPSA) is 442 Å². The number of aromatic nitrogens is 1. The van der Waals surface area contributed by atoms with Crippen LogP contribution in [0.1, 0.15) is 126 Å². The largest absolute Gasteiger partial charge is 0.481 e. The molecule has 10 amide bonds. The molecular formula is C53H84N12O15. The summed E-state index contributed by atoms with van der Waals surface area (Å²) in [6, 6.07) is -4.60. The highest BCUT2D eigenvalue weighted by molar-refractivity contribution is 6.00. The Morgan fingerprint density at radius 1 is 0.575 bits per heavy atom. The summed E-state index contributed by atoms with van der Waals surface area (Å²) in [6.07, 6.45) is 0.00162. The van der Waals surface area contributed by atoms with Crippen LogP contribution < -0.4 is 59.3 Å². The van der Waals surface area contributed by atoms with Crippen LogP contribution in [0.2, 0.25) is 0 Å². The molecule has 0 saturated heterocycles. The number of fused-ring (bicyclic) bond motifs is 1. The first kappa shape index (κ1) is 68.4. The maximum Gasteiger partial charge on any atom is 0.305 e. The maximum atomic E-state index is 14.6. The molecular weight excluding hydrogens is 1040 g/mol. The van der Waals surface area contributed by atoms with Gasteiger partial charge in [-0.3, -0.25) is 57.5 Å². The minimum absolute atomic E-state index is 0.0588. The van der Waals surface area contributed by atoms with Crippen molar-refractivity contribution in [2.75, 3.05) is 13.2 Å². The Bertz CT molecular complexity index is 2500. The lowest BCUT2D eigenvalue weighted by atomic mass is 9.90. The van der Waals surface area contributed by atoms with E-state index < -0.39 is 151 Å². The third kappa shape index (κ3) is 23.3. The van der Waals surface area contributed by atoms with E-state index in [0.29, 0.717) is 22.9 Å². The zero-order valence-electron chi connectivity index (χ0n) is 47.1. The van der Waals surface area contributed by atoms with Crippen molar-refractivity contribution in [2.24, 2.45) is 29.2 Å². The Morgan fingerprint density at radius 2 is 1.05 bits per heavy atom. The highest BCUT2D eigenvalue weighted by Crippen LogP contribution is 2.24. The minimum Gasteiger partial charge on any atom is -0.481 e. The van der Waals surface area contributed by atoms with Crippen LogP contribution in [0, 0.1) is 17.8 Å². The zero-order chi connectivity index (χ0) is 60.6. The number of hydrogen-bond donors (Lipinski definition) is 15. The number of amides is 10. The molecule has 0 unspecified atom stereocenters. The van der Waals surface area contributed by atoms with Gasteiger partial charge in [-0.15, -0.1) is 0 Å². The lowest BCUT2D eigenvalue weighted by Crippen LogP contribution is -2.65. The number of aliphatic carboxylic acids is 2. The number of hydrogen-bond acceptors (Lipinski definition) is 14. The molecule has 0 spiro atoms. The fourth-order valence-corrected chi connectivity index (χ4v) is 8.52. The number of aliphatic hydroxyl groups is 1. The molecule has 0 saturated carbocycles. The number of para-hydroxylation sites is 1. The molecule has 1 heterocycles. The Morgan fingerprint density at radius 3 is 1.57 bits per heavy atom. The van der Waals surface area contributed by atoms with Gasteiger partial charge < -0.3 is 79.6 Å². The third-order valence-corrected chi connectivity index (χ3v) is 12.7. The van der Waals surface area contributed by atoms with Crippen LogP contribution in [0.4, 0.5) is 0 Å². The molecule has 0 aliphatic heterocycles. The van der Waals surface area contributed by atoms with Crippen LogP contribution in [0.5, 0.6) is 0 Å². The van der Waals surface area contributed by atoms with Gasteiger partial charge in [0.05, 0.1) is 13.0 Å². The minimum atomic E-state index is -1.95. The van der Waals surface area contributed by atoms with E-state index in [4.69, 9.17) is 11.5 Å². The Labute approximate surface area is 465 Å². The van der Waals surface area contributed by atoms with E-state index in [1.807, 2.05) is 0 Å². The molecule has 2 aromatic rings. The number of primary amides is 1. The van der Waals surface area contributed by atoms with E-state index >= 15 is 0 Å². The van der Waals surface area contributed by atoms with E-state index in [-0.39, 0.29) is 62.8 Å². The number of benzene rings is 1. The van der Waals surface area contributed by atoms with Crippen LogP contribution in [0.3, 0.4) is 0 Å². The fraction of sp³-hybridized carbons (Fsp3) is 0.623. The summed E-state index contributed by atoms with van der Waals surface area (Å²) >= 11 is 0. The van der Waals surface area contributed by atoms with Gasteiger partial charge >= 0.3 is 11.9 Å². The number of unbranched alkanes of at least 4 members (excludes halogenated alkanes) is 1. The molecule has 0 fully saturated rings. The van der Waals surface area contributed by atoms with Gasteiger partial charge in [0.2, 0.25) is 59.1 Å². The lowest BCUT2D eigenvalue weighted by Gasteiger charge is -2.33. The number of aromatic amines is 1. The Hall–Kier alpha value is -7.68. The second kappa shape index (κ2) is 33.0. The number of carboxylic acid groups (broad SMARTS) is 2. The van der Waals surface area contributed by atoms with Crippen LogP contribution in [0.25, 0.3) is 10.9 Å². The average Bonchev–Trinajstić information content (AvgIpc) is 3.76. The predicted octanol–water partition coefficient (Wildman–Crippen LogP) is -1.41. The highest BCUT2D eigenvalue weighted by Gasteiger charge is 2.41. The number of aliphatic hydroxyl groups excluding tert-OH is 1. The van der Waals surface area contributed by atoms with Crippen molar-refractivity contribution >= 4 is 81.9 Å². The average molecular weight is 1130 g/mol. The molecule has 27 heteroatoms. The molecule has 2 rings (SSSR count). The zero-order valence-corrected chi connectivity index (χ0v) is 47.1. The number of carboxylic acids is 2. The molecule has 27 nitrogen and oxygen atoms in total. The summed E-state index contributed by atoms with van der Waals surface area (Å²) in [7, 11) is 0. The number of nitrogens with one attached hydrogen (secondary N) is 10. The number of nitrogens with two attached hydrogens (primary N) is 2. The molecule has 9 atom stereocenters. The van der Waals surface area contributed by atoms with Gasteiger partial charge in [0.25, 0.3) is 0 Å². The molecule has 17 N–H and O–H groups in total. The van der Waals surface area contributed by atoms with Gasteiger partial charge in [-0.05, 0) is 94.7 Å². The first-order valence-corrected chi connectivity index (χ1v) is 26.7. The van der Waals surface area contributed by atoms with Crippen LogP contribution in [-0.2, 0) is 64.0 Å². The quantitative estimate of drug-likeness (QED) is 0.0349. The van der Waals surface area contributed by atoms with Crippen molar-refractivity contribution in [3.05, 3.63) is 36.0 Å². The summed E-state index contributed by atoms with van der Waals surface area (Å²) in [6.45, 7) is 13.7. The van der Waals surface area contributed by atoms with Gasteiger partial charge in [-0.25, -0.2) is 0 Å². The van der Waals surface area contributed by atoms with Crippen molar-refractivity contribution in [3.8, 4) is 0 Å². The number of carbonyl (C=O) groups excluding carboxylic acids is 10. The molecule has 0 radical (unpaired) electrons. The van der Waals surface area contributed by atoms with Crippen LogP contribution >= 0.6 is 0 Å². The number of rotatable bonds is 36. The van der Waals surface area contributed by atoms with Gasteiger partial charge in [-0.1, -0.05) is 59.7 Å². The molecule has 1 aromatic heterocycles. The van der Waals surface area contributed by atoms with Crippen molar-refractivity contribution in [1.29, 1.82) is 0 Å². The summed E-state index contributed by atoms with van der Waals surface area (Å²) < 4.78 is 0. The van der Waals surface area contributed by atoms with Crippen molar-refractivity contribution < 1.29 is 72.9 Å². The molecule has 0 aliphatic carbocycles. The Balaban J connectivity index is 2.52. The smallest absolute Gasteiger partial charge is 0.305 e. The normalized spacial score (nSPS) is 15.1. The SMILES string of the molecule is CC(=O)N[C@@H](CC(C)C)C(=O)N[C@@H](CCC(=O)O)C(=O)N[C@@H](CC(C)C)C(=O)N[C@@H](CC(=O)O)C(=O)N[C@@H](CCCCN)C(=O)N[C@@](C)(Cc1c[nH]c2ccccc12)C(=O)N[C@@H](C)C(=O)N[C@@H](CO)C(=O)N[C@@H](CC(C)C)C(N)=O. The van der Waals surface area contributed by atoms with Gasteiger partial charge in [0.1, 0.15) is 53.9 Å². The summed E-state index contributed by atoms with van der Waals surface area (Å²) in [5, 5.41) is 52.5. The molecule has 446 valence electrons. The van der Waals surface area contributed by atoms with E-state index in [2.05, 4.69) is 52.8 Å². The third-order valence-electron chi connectivity index (χ3n) is 12.7. The maximum absolute atomic E-state index is 14.6. The van der Waals surface area contributed by atoms with Crippen molar-refractivity contribution in [1.82, 2.24) is 52.8 Å². The fourth-order valence-electron chi connectivity index (χ4n) is 8.52. The van der Waals surface area contributed by atoms with Gasteiger partial charge in [-0.2, -0.15) is 0 Å².